The number of anilines is 1. The van der Waals surface area contributed by atoms with E-state index in [4.69, 9.17) is 21.1 Å². The Hall–Kier alpha value is -2.96. The van der Waals surface area contributed by atoms with Crippen molar-refractivity contribution in [2.75, 3.05) is 18.1 Å². The van der Waals surface area contributed by atoms with Crippen LogP contribution in [0.25, 0.3) is 16.8 Å². The summed E-state index contributed by atoms with van der Waals surface area (Å²) in [5, 5.41) is 2.05. The highest BCUT2D eigenvalue weighted by atomic mass is 35.5. The summed E-state index contributed by atoms with van der Waals surface area (Å²) in [6.07, 6.45) is 1.73. The number of nitrogens with zero attached hydrogens (tertiary/aromatic N) is 1. The Morgan fingerprint density at radius 3 is 2.39 bits per heavy atom. The number of hydrogen-bond acceptors (Lipinski definition) is 5. The topological polar surface area (TPSA) is 55.8 Å². The van der Waals surface area contributed by atoms with Crippen LogP contribution in [-0.2, 0) is 4.79 Å². The van der Waals surface area contributed by atoms with Crippen LogP contribution in [0.5, 0.6) is 11.5 Å². The predicted octanol–water partition coefficient (Wildman–Crippen LogP) is 6.53. The number of benzene rings is 3. The van der Waals surface area contributed by atoms with Gasteiger partial charge in [0, 0.05) is 10.6 Å². The van der Waals surface area contributed by atoms with Crippen molar-refractivity contribution in [3.8, 4) is 11.5 Å². The SMILES string of the molecule is CCOc1ccc2ccc(OCC)c(C=C3SC(=O)N(c4ccc(Cl)cc4)C3=O)c2c1. The van der Waals surface area contributed by atoms with Gasteiger partial charge in [0.05, 0.1) is 23.8 Å². The van der Waals surface area contributed by atoms with Gasteiger partial charge < -0.3 is 9.47 Å². The standard InChI is InChI=1S/C24H20ClNO4S/c1-3-29-18-11-5-15-6-12-21(30-4-2)20(19(15)13-18)14-22-23(27)26(24(28)31-22)17-9-7-16(25)8-10-17/h5-14H,3-4H2,1-2H3. The lowest BCUT2D eigenvalue weighted by atomic mass is 10.0. The zero-order valence-electron chi connectivity index (χ0n) is 17.1. The molecule has 1 aliphatic rings. The molecule has 0 saturated carbocycles. The number of carbonyl (C=O) groups is 2. The summed E-state index contributed by atoms with van der Waals surface area (Å²) in [5.74, 6) is 0.993. The number of carbonyl (C=O) groups excluding carboxylic acids is 2. The third kappa shape index (κ3) is 4.27. The molecule has 3 aromatic rings. The van der Waals surface area contributed by atoms with E-state index in [-0.39, 0.29) is 11.1 Å². The van der Waals surface area contributed by atoms with Crippen LogP contribution in [0.1, 0.15) is 19.4 Å². The minimum Gasteiger partial charge on any atom is -0.494 e. The van der Waals surface area contributed by atoms with E-state index < -0.39 is 0 Å². The fourth-order valence-corrected chi connectivity index (χ4v) is 4.35. The van der Waals surface area contributed by atoms with Crippen molar-refractivity contribution in [3.05, 3.63) is 70.1 Å². The first-order chi connectivity index (χ1) is 15.0. The summed E-state index contributed by atoms with van der Waals surface area (Å²) in [4.78, 5) is 27.2. The second-order valence-electron chi connectivity index (χ2n) is 6.72. The monoisotopic (exact) mass is 453 g/mol. The number of imide groups is 1. The predicted molar refractivity (Wildman–Crippen MR) is 126 cm³/mol. The normalized spacial score (nSPS) is 15.2. The number of amides is 2. The lowest BCUT2D eigenvalue weighted by molar-refractivity contribution is -0.113. The quantitative estimate of drug-likeness (QED) is 0.397. The first-order valence-electron chi connectivity index (χ1n) is 9.87. The third-order valence-corrected chi connectivity index (χ3v) is 5.88. The maximum absolute atomic E-state index is 13.1. The fraction of sp³-hybridized carbons (Fsp3) is 0.167. The molecular weight excluding hydrogens is 434 g/mol. The number of thioether (sulfide) groups is 1. The number of hydrogen-bond donors (Lipinski definition) is 0. The minimum atomic E-state index is -0.377. The van der Waals surface area contributed by atoms with Gasteiger partial charge in [0.15, 0.2) is 0 Å². The number of ether oxygens (including phenoxy) is 2. The molecule has 1 saturated heterocycles. The highest BCUT2D eigenvalue weighted by molar-refractivity contribution is 8.19. The lowest BCUT2D eigenvalue weighted by Gasteiger charge is -2.13. The van der Waals surface area contributed by atoms with Gasteiger partial charge in [-0.2, -0.15) is 0 Å². The zero-order chi connectivity index (χ0) is 22.0. The number of fused-ring (bicyclic) bond motifs is 1. The first-order valence-corrected chi connectivity index (χ1v) is 11.1. The summed E-state index contributed by atoms with van der Waals surface area (Å²) < 4.78 is 11.5. The van der Waals surface area contributed by atoms with Crippen molar-refractivity contribution in [2.45, 2.75) is 13.8 Å². The molecule has 5 nitrogen and oxygen atoms in total. The van der Waals surface area contributed by atoms with Crippen LogP contribution < -0.4 is 14.4 Å². The maximum Gasteiger partial charge on any atom is 0.298 e. The highest BCUT2D eigenvalue weighted by Crippen LogP contribution is 2.39. The van der Waals surface area contributed by atoms with Crippen LogP contribution in [0.3, 0.4) is 0 Å². The average molecular weight is 454 g/mol. The van der Waals surface area contributed by atoms with E-state index in [1.165, 1.54) is 0 Å². The summed E-state index contributed by atoms with van der Waals surface area (Å²) in [5.41, 5.74) is 1.22. The largest absolute Gasteiger partial charge is 0.494 e. The number of halogens is 1. The second kappa shape index (κ2) is 9.04. The molecule has 0 radical (unpaired) electrons. The van der Waals surface area contributed by atoms with Crippen molar-refractivity contribution in [1.82, 2.24) is 0 Å². The van der Waals surface area contributed by atoms with E-state index in [9.17, 15) is 9.59 Å². The van der Waals surface area contributed by atoms with Gasteiger partial charge in [0.2, 0.25) is 0 Å². The van der Waals surface area contributed by atoms with Crippen LogP contribution in [0.4, 0.5) is 10.5 Å². The van der Waals surface area contributed by atoms with Crippen LogP contribution in [-0.4, -0.2) is 24.4 Å². The van der Waals surface area contributed by atoms with Crippen molar-refractivity contribution in [2.24, 2.45) is 0 Å². The molecule has 3 aromatic carbocycles. The van der Waals surface area contributed by atoms with Gasteiger partial charge in [-0.05, 0) is 84.9 Å². The fourth-order valence-electron chi connectivity index (χ4n) is 3.40. The van der Waals surface area contributed by atoms with E-state index in [1.807, 2.05) is 44.2 Å². The Kier molecular flexibility index (Phi) is 6.20. The molecule has 2 amide bonds. The van der Waals surface area contributed by atoms with Crippen LogP contribution in [0, 0.1) is 0 Å². The van der Waals surface area contributed by atoms with Crippen LogP contribution in [0.2, 0.25) is 5.02 Å². The van der Waals surface area contributed by atoms with Gasteiger partial charge in [0.25, 0.3) is 11.1 Å². The Labute approximate surface area is 189 Å². The second-order valence-corrected chi connectivity index (χ2v) is 8.15. The lowest BCUT2D eigenvalue weighted by Crippen LogP contribution is -2.27. The molecule has 7 heteroatoms. The van der Waals surface area contributed by atoms with Crippen molar-refractivity contribution in [3.63, 3.8) is 0 Å². The Morgan fingerprint density at radius 2 is 1.68 bits per heavy atom. The molecule has 4 rings (SSSR count). The van der Waals surface area contributed by atoms with Gasteiger partial charge in [-0.15, -0.1) is 0 Å². The third-order valence-electron chi connectivity index (χ3n) is 4.76. The van der Waals surface area contributed by atoms with E-state index in [1.54, 1.807) is 30.3 Å². The minimum absolute atomic E-state index is 0.329. The average Bonchev–Trinajstić information content (AvgIpc) is 3.04. The summed E-state index contributed by atoms with van der Waals surface area (Å²) >= 11 is 6.84. The smallest absolute Gasteiger partial charge is 0.298 e. The maximum atomic E-state index is 13.1. The molecule has 0 unspecified atom stereocenters. The summed E-state index contributed by atoms with van der Waals surface area (Å²) in [6, 6.07) is 16.2. The molecule has 0 N–H and O–H groups in total. The molecule has 158 valence electrons. The van der Waals surface area contributed by atoms with Gasteiger partial charge >= 0.3 is 0 Å². The van der Waals surface area contributed by atoms with Crippen LogP contribution >= 0.6 is 23.4 Å². The van der Waals surface area contributed by atoms with Crippen molar-refractivity contribution >= 4 is 57.0 Å². The van der Waals surface area contributed by atoms with Gasteiger partial charge in [-0.1, -0.05) is 23.7 Å². The number of rotatable bonds is 6. The van der Waals surface area contributed by atoms with Gasteiger partial charge in [-0.25, -0.2) is 4.90 Å². The van der Waals surface area contributed by atoms with Crippen molar-refractivity contribution < 1.29 is 19.1 Å². The molecule has 0 atom stereocenters. The van der Waals surface area contributed by atoms with E-state index in [2.05, 4.69) is 0 Å². The molecule has 1 fully saturated rings. The van der Waals surface area contributed by atoms with Crippen LogP contribution in [0.15, 0.2) is 59.5 Å². The Bertz CT molecular complexity index is 1180. The summed E-state index contributed by atoms with van der Waals surface area (Å²) in [7, 11) is 0. The molecule has 0 aromatic heterocycles. The highest BCUT2D eigenvalue weighted by Gasteiger charge is 2.36. The molecular formula is C24H20ClNO4S. The Balaban J connectivity index is 1.81. The van der Waals surface area contributed by atoms with Gasteiger partial charge in [0.1, 0.15) is 11.5 Å². The molecule has 0 bridgehead atoms. The van der Waals surface area contributed by atoms with Crippen molar-refractivity contribution in [1.29, 1.82) is 0 Å². The molecule has 31 heavy (non-hydrogen) atoms. The van der Waals surface area contributed by atoms with E-state index >= 15 is 0 Å². The summed E-state index contributed by atoms with van der Waals surface area (Å²) in [6.45, 7) is 4.85. The molecule has 0 spiro atoms. The molecule has 1 heterocycles. The van der Waals surface area contributed by atoms with E-state index in [0.717, 1.165) is 38.7 Å². The Morgan fingerprint density at radius 1 is 0.968 bits per heavy atom. The molecule has 1 aliphatic heterocycles. The zero-order valence-corrected chi connectivity index (χ0v) is 18.6. The van der Waals surface area contributed by atoms with E-state index in [0.29, 0.717) is 34.6 Å². The first kappa shape index (κ1) is 21.3. The molecule has 0 aliphatic carbocycles. The van der Waals surface area contributed by atoms with Gasteiger partial charge in [-0.3, -0.25) is 9.59 Å².